The number of carbonyl (C=O) groups is 1. The molecule has 2 heterocycles. The topological polar surface area (TPSA) is 59.0 Å². The van der Waals surface area contributed by atoms with E-state index in [1.165, 1.54) is 0 Å². The summed E-state index contributed by atoms with van der Waals surface area (Å²) in [7, 11) is 0. The molecule has 2 N–H and O–H groups in total. The van der Waals surface area contributed by atoms with Gasteiger partial charge in [0.05, 0.1) is 17.8 Å². The molecule has 1 aromatic heterocycles. The minimum absolute atomic E-state index is 0.0209. The van der Waals surface area contributed by atoms with Crippen molar-refractivity contribution in [2.75, 3.05) is 19.6 Å². The highest BCUT2D eigenvalue weighted by Crippen LogP contribution is 2.17. The fourth-order valence-electron chi connectivity index (χ4n) is 2.81. The molecule has 0 spiro atoms. The molecule has 2 aromatic rings. The van der Waals surface area contributed by atoms with E-state index in [1.807, 2.05) is 30.7 Å². The molecule has 0 unspecified atom stereocenters. The highest BCUT2D eigenvalue weighted by atomic mass is 79.9. The molecular formula is C17H21BrN4O. The van der Waals surface area contributed by atoms with Crippen LogP contribution in [0.15, 0.2) is 28.7 Å². The Labute approximate surface area is 144 Å². The summed E-state index contributed by atoms with van der Waals surface area (Å²) < 4.78 is 2.94. The largest absolute Gasteiger partial charge is 0.352 e. The first-order chi connectivity index (χ1) is 11.0. The molecule has 1 fully saturated rings. The molecule has 6 heteroatoms. The minimum Gasteiger partial charge on any atom is -0.352 e. The first-order valence-electron chi connectivity index (χ1n) is 7.82. The van der Waals surface area contributed by atoms with Crippen molar-refractivity contribution in [2.45, 2.75) is 20.4 Å². The van der Waals surface area contributed by atoms with E-state index in [0.717, 1.165) is 41.1 Å². The SMILES string of the molecule is Cc1nn(Cc2cccc(Br)c2)c(C)c1C(=O)NCC1CNC1. The zero-order chi connectivity index (χ0) is 16.4. The predicted octanol–water partition coefficient (Wildman–Crippen LogP) is 2.26. The van der Waals surface area contributed by atoms with Gasteiger partial charge in [-0.3, -0.25) is 9.48 Å². The van der Waals surface area contributed by atoms with Crippen molar-refractivity contribution in [2.24, 2.45) is 5.92 Å². The van der Waals surface area contributed by atoms with Crippen LogP contribution in [0.3, 0.4) is 0 Å². The summed E-state index contributed by atoms with van der Waals surface area (Å²) in [6.07, 6.45) is 0. The van der Waals surface area contributed by atoms with Crippen molar-refractivity contribution in [3.8, 4) is 0 Å². The van der Waals surface area contributed by atoms with E-state index >= 15 is 0 Å². The molecule has 0 saturated carbocycles. The van der Waals surface area contributed by atoms with Crippen LogP contribution in [-0.4, -0.2) is 35.3 Å². The van der Waals surface area contributed by atoms with Crippen LogP contribution < -0.4 is 10.6 Å². The van der Waals surface area contributed by atoms with Gasteiger partial charge in [-0.25, -0.2) is 0 Å². The maximum atomic E-state index is 12.5. The number of nitrogens with zero attached hydrogens (tertiary/aromatic N) is 2. The van der Waals surface area contributed by atoms with Gasteiger partial charge in [-0.05, 0) is 31.5 Å². The lowest BCUT2D eigenvalue weighted by atomic mass is 10.0. The highest BCUT2D eigenvalue weighted by Gasteiger charge is 2.21. The van der Waals surface area contributed by atoms with E-state index in [1.54, 1.807) is 0 Å². The molecular weight excluding hydrogens is 356 g/mol. The summed E-state index contributed by atoms with van der Waals surface area (Å²) in [5, 5.41) is 10.8. The molecule has 0 aliphatic carbocycles. The van der Waals surface area contributed by atoms with Crippen LogP contribution in [0.1, 0.15) is 27.3 Å². The van der Waals surface area contributed by atoms with Crippen LogP contribution >= 0.6 is 15.9 Å². The predicted molar refractivity (Wildman–Crippen MR) is 93.6 cm³/mol. The van der Waals surface area contributed by atoms with Crippen LogP contribution in [0.25, 0.3) is 0 Å². The molecule has 1 aliphatic rings. The molecule has 122 valence electrons. The van der Waals surface area contributed by atoms with Crippen LogP contribution in [0.4, 0.5) is 0 Å². The number of nitrogens with one attached hydrogen (secondary N) is 2. The maximum Gasteiger partial charge on any atom is 0.255 e. The molecule has 5 nitrogen and oxygen atoms in total. The summed E-state index contributed by atoms with van der Waals surface area (Å²) in [6.45, 7) is 7.20. The fraction of sp³-hybridized carbons (Fsp3) is 0.412. The van der Waals surface area contributed by atoms with Gasteiger partial charge in [-0.1, -0.05) is 28.1 Å². The molecule has 1 aliphatic heterocycles. The smallest absolute Gasteiger partial charge is 0.255 e. The van der Waals surface area contributed by atoms with E-state index in [9.17, 15) is 4.79 Å². The van der Waals surface area contributed by atoms with Gasteiger partial charge < -0.3 is 10.6 Å². The second kappa shape index (κ2) is 6.84. The monoisotopic (exact) mass is 376 g/mol. The number of aromatic nitrogens is 2. The normalized spacial score (nSPS) is 14.6. The van der Waals surface area contributed by atoms with Crippen molar-refractivity contribution >= 4 is 21.8 Å². The molecule has 1 amide bonds. The van der Waals surface area contributed by atoms with E-state index in [2.05, 4.69) is 43.8 Å². The van der Waals surface area contributed by atoms with E-state index < -0.39 is 0 Å². The molecule has 0 atom stereocenters. The number of aryl methyl sites for hydroxylation is 1. The lowest BCUT2D eigenvalue weighted by Gasteiger charge is -2.27. The summed E-state index contributed by atoms with van der Waals surface area (Å²) >= 11 is 3.48. The molecule has 0 radical (unpaired) electrons. The number of benzene rings is 1. The minimum atomic E-state index is -0.0209. The number of halogens is 1. The van der Waals surface area contributed by atoms with Gasteiger partial charge in [0, 0.05) is 35.7 Å². The van der Waals surface area contributed by atoms with Crippen molar-refractivity contribution in [3.05, 3.63) is 51.3 Å². The lowest BCUT2D eigenvalue weighted by molar-refractivity contribution is 0.0941. The third-order valence-corrected chi connectivity index (χ3v) is 4.74. The van der Waals surface area contributed by atoms with Crippen molar-refractivity contribution in [3.63, 3.8) is 0 Å². The molecule has 0 bridgehead atoms. The average Bonchev–Trinajstić information content (AvgIpc) is 2.71. The second-order valence-electron chi connectivity index (χ2n) is 6.07. The fourth-order valence-corrected chi connectivity index (χ4v) is 3.25. The highest BCUT2D eigenvalue weighted by molar-refractivity contribution is 9.10. The van der Waals surface area contributed by atoms with Crippen molar-refractivity contribution < 1.29 is 4.79 Å². The molecule has 1 saturated heterocycles. The summed E-state index contributed by atoms with van der Waals surface area (Å²) in [6, 6.07) is 8.13. The van der Waals surface area contributed by atoms with Crippen molar-refractivity contribution in [1.82, 2.24) is 20.4 Å². The van der Waals surface area contributed by atoms with Crippen LogP contribution in [0, 0.1) is 19.8 Å². The van der Waals surface area contributed by atoms with Crippen LogP contribution in [0.2, 0.25) is 0 Å². The van der Waals surface area contributed by atoms with Gasteiger partial charge in [0.15, 0.2) is 0 Å². The molecule has 23 heavy (non-hydrogen) atoms. The second-order valence-corrected chi connectivity index (χ2v) is 6.98. The first-order valence-corrected chi connectivity index (χ1v) is 8.61. The Bertz CT molecular complexity index is 721. The number of rotatable bonds is 5. The number of carbonyl (C=O) groups excluding carboxylic acids is 1. The lowest BCUT2D eigenvalue weighted by Crippen LogP contribution is -2.48. The van der Waals surface area contributed by atoms with Gasteiger partial charge in [0.2, 0.25) is 0 Å². The average molecular weight is 377 g/mol. The van der Waals surface area contributed by atoms with E-state index in [-0.39, 0.29) is 5.91 Å². The van der Waals surface area contributed by atoms with E-state index in [0.29, 0.717) is 18.0 Å². The zero-order valence-corrected chi connectivity index (χ0v) is 15.0. The summed E-state index contributed by atoms with van der Waals surface area (Å²) in [4.78, 5) is 12.5. The third kappa shape index (κ3) is 3.64. The summed E-state index contributed by atoms with van der Waals surface area (Å²) in [5.74, 6) is 0.531. The third-order valence-electron chi connectivity index (χ3n) is 4.25. The Morgan fingerprint density at radius 3 is 2.87 bits per heavy atom. The van der Waals surface area contributed by atoms with Gasteiger partial charge in [0.25, 0.3) is 5.91 Å². The van der Waals surface area contributed by atoms with Crippen molar-refractivity contribution in [1.29, 1.82) is 0 Å². The van der Waals surface area contributed by atoms with E-state index in [4.69, 9.17) is 0 Å². The maximum absolute atomic E-state index is 12.5. The summed E-state index contributed by atoms with van der Waals surface area (Å²) in [5.41, 5.74) is 3.54. The first kappa shape index (κ1) is 16.2. The standard InChI is InChI=1S/C17H21BrN4O/c1-11-16(17(23)20-9-14-7-19-8-14)12(2)22(21-11)10-13-4-3-5-15(18)6-13/h3-6,14,19H,7-10H2,1-2H3,(H,20,23). The Kier molecular flexibility index (Phi) is 4.82. The zero-order valence-electron chi connectivity index (χ0n) is 13.4. The Balaban J connectivity index is 1.74. The van der Waals surface area contributed by atoms with Gasteiger partial charge in [0.1, 0.15) is 0 Å². The molecule has 3 rings (SSSR count). The Morgan fingerprint density at radius 2 is 2.22 bits per heavy atom. The van der Waals surface area contributed by atoms with Crippen LogP contribution in [0.5, 0.6) is 0 Å². The van der Waals surface area contributed by atoms with Gasteiger partial charge >= 0.3 is 0 Å². The number of amides is 1. The number of hydrogen-bond donors (Lipinski definition) is 2. The Hall–Kier alpha value is -1.66. The van der Waals surface area contributed by atoms with Gasteiger partial charge in [-0.2, -0.15) is 5.10 Å². The van der Waals surface area contributed by atoms with Gasteiger partial charge in [-0.15, -0.1) is 0 Å². The molecule has 1 aromatic carbocycles. The van der Waals surface area contributed by atoms with Crippen LogP contribution in [-0.2, 0) is 6.54 Å². The quantitative estimate of drug-likeness (QED) is 0.841. The Morgan fingerprint density at radius 1 is 1.43 bits per heavy atom. The number of hydrogen-bond acceptors (Lipinski definition) is 3.